The number of methoxy groups -OCH3 is 1. The Morgan fingerprint density at radius 3 is 2.81 bits per heavy atom. The van der Waals surface area contributed by atoms with Crippen molar-refractivity contribution < 1.29 is 14.5 Å². The minimum atomic E-state index is -0.660. The highest BCUT2D eigenvalue weighted by Gasteiger charge is 2.17. The average Bonchev–Trinajstić information content (AvgIpc) is 2.28. The second-order valence-electron chi connectivity index (χ2n) is 2.99. The number of nitro groups is 1. The number of hydrogen-bond donors (Lipinski definition) is 1. The topological polar surface area (TPSA) is 108 Å². The lowest BCUT2D eigenvalue weighted by atomic mass is 10.2. The molecule has 0 unspecified atom stereocenters. The quantitative estimate of drug-likeness (QED) is 0.447. The van der Waals surface area contributed by atoms with Gasteiger partial charge in [-0.25, -0.2) is 4.79 Å². The van der Waals surface area contributed by atoms with Crippen LogP contribution in [0.5, 0.6) is 0 Å². The van der Waals surface area contributed by atoms with Crippen LogP contribution in [-0.4, -0.2) is 29.5 Å². The number of aromatic nitrogens is 1. The molecule has 1 heterocycles. The molecule has 0 atom stereocenters. The van der Waals surface area contributed by atoms with Crippen LogP contribution in [-0.2, 0) is 11.2 Å². The minimum Gasteiger partial charge on any atom is -0.465 e. The van der Waals surface area contributed by atoms with Crippen molar-refractivity contribution in [1.29, 1.82) is 0 Å². The molecule has 0 fully saturated rings. The molecule has 7 heteroatoms. The fourth-order valence-corrected chi connectivity index (χ4v) is 1.18. The van der Waals surface area contributed by atoms with Gasteiger partial charge in [0.05, 0.1) is 18.7 Å². The monoisotopic (exact) mass is 225 g/mol. The molecule has 0 saturated carbocycles. The molecular formula is C9H11N3O4. The van der Waals surface area contributed by atoms with E-state index < -0.39 is 10.9 Å². The van der Waals surface area contributed by atoms with Crippen LogP contribution in [0.1, 0.15) is 16.1 Å². The third-order valence-corrected chi connectivity index (χ3v) is 1.87. The Bertz CT molecular complexity index is 419. The van der Waals surface area contributed by atoms with E-state index in [2.05, 4.69) is 9.72 Å². The summed E-state index contributed by atoms with van der Waals surface area (Å²) in [6.45, 7) is 0.300. The van der Waals surface area contributed by atoms with Gasteiger partial charge in [0, 0.05) is 13.0 Å². The molecule has 0 aliphatic carbocycles. The van der Waals surface area contributed by atoms with Crippen molar-refractivity contribution in [2.24, 2.45) is 5.73 Å². The molecule has 0 aliphatic rings. The maximum Gasteiger partial charge on any atom is 0.364 e. The zero-order valence-electron chi connectivity index (χ0n) is 8.67. The van der Waals surface area contributed by atoms with Crippen molar-refractivity contribution in [3.63, 3.8) is 0 Å². The van der Waals surface area contributed by atoms with Crippen molar-refractivity contribution in [3.05, 3.63) is 33.5 Å². The molecule has 0 spiro atoms. The maximum absolute atomic E-state index is 11.2. The zero-order chi connectivity index (χ0) is 12.1. The number of nitrogens with zero attached hydrogens (tertiary/aromatic N) is 2. The lowest BCUT2D eigenvalue weighted by molar-refractivity contribution is -0.389. The summed E-state index contributed by atoms with van der Waals surface area (Å²) in [5, 5.41) is 10.6. The highest BCUT2D eigenvalue weighted by atomic mass is 16.6. The summed E-state index contributed by atoms with van der Waals surface area (Å²) >= 11 is 0. The van der Waals surface area contributed by atoms with E-state index in [0.717, 1.165) is 6.07 Å². The smallest absolute Gasteiger partial charge is 0.364 e. The molecule has 1 aromatic heterocycles. The summed E-state index contributed by atoms with van der Waals surface area (Å²) in [7, 11) is 1.21. The van der Waals surface area contributed by atoms with E-state index in [1.807, 2.05) is 0 Å². The number of carbonyl (C=O) groups excluding carboxylic acids is 1. The Morgan fingerprint density at radius 2 is 2.31 bits per heavy atom. The van der Waals surface area contributed by atoms with Crippen molar-refractivity contribution in [2.75, 3.05) is 13.7 Å². The number of carbonyl (C=O) groups is 1. The van der Waals surface area contributed by atoms with Crippen LogP contribution in [0.2, 0.25) is 0 Å². The molecule has 0 aliphatic heterocycles. The van der Waals surface area contributed by atoms with Gasteiger partial charge >= 0.3 is 11.8 Å². The number of rotatable bonds is 4. The first-order valence-corrected chi connectivity index (χ1v) is 4.52. The Hall–Kier alpha value is -2.02. The van der Waals surface area contributed by atoms with E-state index in [1.165, 1.54) is 13.2 Å². The van der Waals surface area contributed by atoms with Gasteiger partial charge in [0.15, 0.2) is 5.69 Å². The average molecular weight is 225 g/mol. The number of nitrogens with two attached hydrogens (primary N) is 1. The molecule has 16 heavy (non-hydrogen) atoms. The molecule has 0 aromatic carbocycles. The van der Waals surface area contributed by atoms with E-state index >= 15 is 0 Å². The molecule has 86 valence electrons. The molecular weight excluding hydrogens is 214 g/mol. The normalized spacial score (nSPS) is 9.88. The third-order valence-electron chi connectivity index (χ3n) is 1.87. The van der Waals surface area contributed by atoms with Gasteiger partial charge in [-0.15, -0.1) is 0 Å². The van der Waals surface area contributed by atoms with Crippen molar-refractivity contribution in [3.8, 4) is 0 Å². The molecule has 2 N–H and O–H groups in total. The third kappa shape index (κ3) is 2.74. The van der Waals surface area contributed by atoms with Crippen molar-refractivity contribution in [2.45, 2.75) is 6.42 Å². The first-order valence-electron chi connectivity index (χ1n) is 4.52. The largest absolute Gasteiger partial charge is 0.465 e. The highest BCUT2D eigenvalue weighted by molar-refractivity contribution is 5.89. The molecule has 1 aromatic rings. The highest BCUT2D eigenvalue weighted by Crippen LogP contribution is 2.13. The van der Waals surface area contributed by atoms with Gasteiger partial charge in [-0.1, -0.05) is 0 Å². The fourth-order valence-electron chi connectivity index (χ4n) is 1.18. The number of pyridine rings is 1. The van der Waals surface area contributed by atoms with Crippen LogP contribution in [0.25, 0.3) is 0 Å². The maximum atomic E-state index is 11.2. The summed E-state index contributed by atoms with van der Waals surface area (Å²) in [5.41, 5.74) is 5.82. The standard InChI is InChI=1S/C9H11N3O4/c1-16-9(13)6-4-7(2-3-10)11-8(5-6)12(14)15/h4-5H,2-3,10H2,1H3. The van der Waals surface area contributed by atoms with Crippen LogP contribution in [0.4, 0.5) is 5.82 Å². The van der Waals surface area contributed by atoms with E-state index in [9.17, 15) is 14.9 Å². The van der Waals surface area contributed by atoms with Crippen molar-refractivity contribution >= 4 is 11.8 Å². The van der Waals surface area contributed by atoms with Gasteiger partial charge in [0.1, 0.15) is 0 Å². The van der Waals surface area contributed by atoms with Crippen LogP contribution >= 0.6 is 0 Å². The van der Waals surface area contributed by atoms with E-state index in [0.29, 0.717) is 18.7 Å². The Labute approximate surface area is 91.4 Å². The lowest BCUT2D eigenvalue weighted by Crippen LogP contribution is -2.09. The second kappa shape index (κ2) is 5.17. The SMILES string of the molecule is COC(=O)c1cc(CCN)nc([N+](=O)[O-])c1. The van der Waals surface area contributed by atoms with Crippen LogP contribution in [0.15, 0.2) is 12.1 Å². The van der Waals surface area contributed by atoms with Gasteiger partial charge < -0.3 is 20.6 Å². The molecule has 0 saturated heterocycles. The van der Waals surface area contributed by atoms with Gasteiger partial charge in [-0.2, -0.15) is 0 Å². The van der Waals surface area contributed by atoms with Gasteiger partial charge in [0.25, 0.3) is 0 Å². The van der Waals surface area contributed by atoms with Gasteiger partial charge in [0.2, 0.25) is 0 Å². The zero-order valence-corrected chi connectivity index (χ0v) is 8.67. The number of ether oxygens (including phenoxy) is 1. The van der Waals surface area contributed by atoms with E-state index in [1.54, 1.807) is 0 Å². The van der Waals surface area contributed by atoms with Gasteiger partial charge in [-0.05, 0) is 16.0 Å². The molecule has 0 radical (unpaired) electrons. The minimum absolute atomic E-state index is 0.104. The predicted molar refractivity (Wildman–Crippen MR) is 55.0 cm³/mol. The molecule has 0 bridgehead atoms. The second-order valence-corrected chi connectivity index (χ2v) is 2.99. The Balaban J connectivity index is 3.18. The van der Waals surface area contributed by atoms with Crippen LogP contribution in [0.3, 0.4) is 0 Å². The summed E-state index contributed by atoms with van der Waals surface area (Å²) < 4.78 is 4.48. The molecule has 1 rings (SSSR count). The van der Waals surface area contributed by atoms with Gasteiger partial charge in [-0.3, -0.25) is 0 Å². The van der Waals surface area contributed by atoms with Crippen LogP contribution in [0, 0.1) is 10.1 Å². The molecule has 0 amide bonds. The number of esters is 1. The van der Waals surface area contributed by atoms with E-state index in [4.69, 9.17) is 5.73 Å². The fraction of sp³-hybridized carbons (Fsp3) is 0.333. The first-order chi connectivity index (χ1) is 7.58. The van der Waals surface area contributed by atoms with Crippen molar-refractivity contribution in [1.82, 2.24) is 4.98 Å². The molecule has 7 nitrogen and oxygen atoms in total. The first kappa shape index (κ1) is 12.1. The Kier molecular flexibility index (Phi) is 3.90. The summed E-state index contributed by atoms with van der Waals surface area (Å²) in [4.78, 5) is 24.9. The number of hydrogen-bond acceptors (Lipinski definition) is 6. The van der Waals surface area contributed by atoms with E-state index in [-0.39, 0.29) is 11.4 Å². The van der Waals surface area contributed by atoms with Crippen LogP contribution < -0.4 is 5.73 Å². The predicted octanol–water partition coefficient (Wildman–Crippen LogP) is 0.278. The summed E-state index contributed by atoms with van der Waals surface area (Å²) in [6, 6.07) is 2.51. The Morgan fingerprint density at radius 1 is 1.62 bits per heavy atom. The summed E-state index contributed by atoms with van der Waals surface area (Å²) in [6.07, 6.45) is 0.367. The lowest BCUT2D eigenvalue weighted by Gasteiger charge is -2.00. The summed E-state index contributed by atoms with van der Waals surface area (Å²) in [5.74, 6) is -1.02.